The van der Waals surface area contributed by atoms with Gasteiger partial charge >= 0.3 is 0 Å². The van der Waals surface area contributed by atoms with E-state index in [-0.39, 0.29) is 5.56 Å². The minimum atomic E-state index is -1.50. The van der Waals surface area contributed by atoms with Crippen LogP contribution in [-0.2, 0) is 16.0 Å². The summed E-state index contributed by atoms with van der Waals surface area (Å²) >= 11 is 0. The second kappa shape index (κ2) is 9.65. The largest absolute Gasteiger partial charge is 0.481 e. The summed E-state index contributed by atoms with van der Waals surface area (Å²) in [7, 11) is 4.22. The molecule has 2 aromatic rings. The van der Waals surface area contributed by atoms with E-state index in [1.165, 1.54) is 19.6 Å². The number of methoxy groups -OCH3 is 1. The molecule has 1 heterocycles. The molecule has 9 heteroatoms. The SMILES string of the molecule is CCc1cc(-c2ccc(C(=O)N(C)C(C(=O)NC)C(=O)NO)cc2)cnc1OC. The summed E-state index contributed by atoms with van der Waals surface area (Å²) in [4.78, 5) is 41.7. The zero-order valence-electron chi connectivity index (χ0n) is 16.7. The van der Waals surface area contributed by atoms with E-state index in [0.717, 1.165) is 28.0 Å². The summed E-state index contributed by atoms with van der Waals surface area (Å²) in [5.41, 5.74) is 4.38. The van der Waals surface area contributed by atoms with Gasteiger partial charge in [-0.2, -0.15) is 0 Å². The van der Waals surface area contributed by atoms with E-state index in [4.69, 9.17) is 9.94 Å². The Balaban J connectivity index is 2.28. The smallest absolute Gasteiger partial charge is 0.275 e. The molecule has 1 aromatic carbocycles. The number of ether oxygens (including phenoxy) is 1. The molecule has 0 spiro atoms. The number of carbonyl (C=O) groups excluding carboxylic acids is 3. The molecule has 1 atom stereocenters. The molecule has 9 nitrogen and oxygen atoms in total. The van der Waals surface area contributed by atoms with E-state index in [9.17, 15) is 14.4 Å². The van der Waals surface area contributed by atoms with Crippen LogP contribution in [0.2, 0.25) is 0 Å². The number of nitrogens with one attached hydrogen (secondary N) is 2. The number of pyridine rings is 1. The van der Waals surface area contributed by atoms with Crippen molar-refractivity contribution in [1.29, 1.82) is 0 Å². The number of nitrogens with zero attached hydrogens (tertiary/aromatic N) is 2. The molecule has 0 aliphatic carbocycles. The number of aryl methyl sites for hydroxylation is 1. The number of aromatic nitrogens is 1. The fourth-order valence-corrected chi connectivity index (χ4v) is 2.89. The molecule has 3 N–H and O–H groups in total. The highest BCUT2D eigenvalue weighted by atomic mass is 16.5. The summed E-state index contributed by atoms with van der Waals surface area (Å²) in [6.07, 6.45) is 2.45. The van der Waals surface area contributed by atoms with E-state index in [2.05, 4.69) is 10.3 Å². The van der Waals surface area contributed by atoms with Crippen molar-refractivity contribution >= 4 is 17.7 Å². The van der Waals surface area contributed by atoms with Crippen LogP contribution < -0.4 is 15.5 Å². The number of benzene rings is 1. The van der Waals surface area contributed by atoms with Crippen LogP contribution in [0.5, 0.6) is 5.88 Å². The monoisotopic (exact) mass is 400 g/mol. The highest BCUT2D eigenvalue weighted by Gasteiger charge is 2.33. The van der Waals surface area contributed by atoms with E-state index < -0.39 is 23.8 Å². The molecule has 1 unspecified atom stereocenters. The fourth-order valence-electron chi connectivity index (χ4n) is 2.89. The van der Waals surface area contributed by atoms with E-state index >= 15 is 0 Å². The van der Waals surface area contributed by atoms with Crippen LogP contribution >= 0.6 is 0 Å². The Morgan fingerprint density at radius 3 is 2.34 bits per heavy atom. The molecule has 3 amide bonds. The molecule has 1 aromatic heterocycles. The molecule has 2 rings (SSSR count). The Kier molecular flexibility index (Phi) is 7.27. The number of hydrogen-bond donors (Lipinski definition) is 3. The third-order valence-electron chi connectivity index (χ3n) is 4.53. The summed E-state index contributed by atoms with van der Waals surface area (Å²) in [6, 6.07) is 7.18. The third kappa shape index (κ3) is 4.69. The predicted molar refractivity (Wildman–Crippen MR) is 105 cm³/mol. The summed E-state index contributed by atoms with van der Waals surface area (Å²) in [5, 5.41) is 11.2. The lowest BCUT2D eigenvalue weighted by Crippen LogP contribution is -2.54. The third-order valence-corrected chi connectivity index (χ3v) is 4.53. The van der Waals surface area contributed by atoms with Crippen LogP contribution in [0.1, 0.15) is 22.8 Å². The second-order valence-electron chi connectivity index (χ2n) is 6.23. The van der Waals surface area contributed by atoms with Gasteiger partial charge in [-0.25, -0.2) is 10.5 Å². The molecule has 0 aliphatic heterocycles. The van der Waals surface area contributed by atoms with Gasteiger partial charge in [-0.05, 0) is 30.2 Å². The van der Waals surface area contributed by atoms with Gasteiger partial charge in [0.15, 0.2) is 6.04 Å². The maximum atomic E-state index is 12.7. The van der Waals surface area contributed by atoms with Crippen molar-refractivity contribution in [3.8, 4) is 17.0 Å². The average molecular weight is 400 g/mol. The van der Waals surface area contributed by atoms with E-state index in [1.807, 2.05) is 13.0 Å². The minimum absolute atomic E-state index is 0.285. The van der Waals surface area contributed by atoms with Gasteiger partial charge in [0.25, 0.3) is 17.7 Å². The normalized spacial score (nSPS) is 11.3. The number of amides is 3. The van der Waals surface area contributed by atoms with Gasteiger partial charge in [0, 0.05) is 37.0 Å². The van der Waals surface area contributed by atoms with Crippen LogP contribution in [0.3, 0.4) is 0 Å². The van der Waals surface area contributed by atoms with Crippen molar-refractivity contribution in [3.63, 3.8) is 0 Å². The van der Waals surface area contributed by atoms with Crippen LogP contribution in [0.4, 0.5) is 0 Å². The Bertz CT molecular complexity index is 882. The lowest BCUT2D eigenvalue weighted by atomic mass is 10.0. The van der Waals surface area contributed by atoms with Crippen LogP contribution in [0.25, 0.3) is 11.1 Å². The molecule has 154 valence electrons. The molecule has 0 fully saturated rings. The zero-order valence-corrected chi connectivity index (χ0v) is 16.7. The van der Waals surface area contributed by atoms with E-state index in [1.54, 1.807) is 37.6 Å². The van der Waals surface area contributed by atoms with Crippen LogP contribution in [0, 0.1) is 0 Å². The minimum Gasteiger partial charge on any atom is -0.481 e. The van der Waals surface area contributed by atoms with Gasteiger partial charge in [-0.3, -0.25) is 19.6 Å². The summed E-state index contributed by atoms with van der Waals surface area (Å²) < 4.78 is 5.24. The highest BCUT2D eigenvalue weighted by molar-refractivity contribution is 6.08. The fraction of sp³-hybridized carbons (Fsp3) is 0.300. The Labute approximate surface area is 168 Å². The van der Waals surface area contributed by atoms with Crippen LogP contribution in [0.15, 0.2) is 36.5 Å². The zero-order chi connectivity index (χ0) is 21.6. The van der Waals surface area contributed by atoms with Gasteiger partial charge in [0.2, 0.25) is 5.88 Å². The standard InChI is InChI=1S/C20H24N4O5/c1-5-12-10-15(11-22-19(12)29-4)13-6-8-14(9-7-13)20(27)24(3)16(17(25)21-2)18(26)23-28/h6-11,16,28H,5H2,1-4H3,(H,21,25)(H,23,26). The first kappa shape index (κ1) is 21.8. The Morgan fingerprint density at radius 2 is 1.83 bits per heavy atom. The van der Waals surface area contributed by atoms with E-state index in [0.29, 0.717) is 5.88 Å². The average Bonchev–Trinajstić information content (AvgIpc) is 2.77. The molecule has 0 bridgehead atoms. The van der Waals surface area contributed by atoms with Gasteiger partial charge in [0.05, 0.1) is 7.11 Å². The second-order valence-corrected chi connectivity index (χ2v) is 6.23. The highest BCUT2D eigenvalue weighted by Crippen LogP contribution is 2.25. The van der Waals surface area contributed by atoms with Crippen molar-refractivity contribution in [2.45, 2.75) is 19.4 Å². The van der Waals surface area contributed by atoms with Gasteiger partial charge in [-0.1, -0.05) is 19.1 Å². The predicted octanol–water partition coefficient (Wildman–Crippen LogP) is 1.01. The molecule has 0 saturated carbocycles. The van der Waals surface area contributed by atoms with Crippen LogP contribution in [-0.4, -0.2) is 60.1 Å². The molecule has 29 heavy (non-hydrogen) atoms. The Morgan fingerprint density at radius 1 is 1.17 bits per heavy atom. The molecule has 0 saturated heterocycles. The van der Waals surface area contributed by atoms with Gasteiger partial charge in [0.1, 0.15) is 0 Å². The number of hydroxylamine groups is 1. The number of likely N-dealkylation sites (N-methyl/N-ethyl adjacent to an activating group) is 2. The number of rotatable bonds is 7. The molecule has 0 radical (unpaired) electrons. The van der Waals surface area contributed by atoms with Crippen molar-refractivity contribution in [1.82, 2.24) is 20.7 Å². The van der Waals surface area contributed by atoms with Gasteiger partial charge < -0.3 is 15.0 Å². The molecular formula is C20H24N4O5. The van der Waals surface area contributed by atoms with Crippen molar-refractivity contribution in [2.24, 2.45) is 0 Å². The quantitative estimate of drug-likeness (QED) is 0.362. The van der Waals surface area contributed by atoms with Crippen molar-refractivity contribution in [2.75, 3.05) is 21.2 Å². The maximum absolute atomic E-state index is 12.7. The molecule has 0 aliphatic rings. The summed E-state index contributed by atoms with van der Waals surface area (Å²) in [6.45, 7) is 2.01. The lowest BCUT2D eigenvalue weighted by molar-refractivity contribution is -0.140. The number of hydrogen-bond acceptors (Lipinski definition) is 6. The lowest BCUT2D eigenvalue weighted by Gasteiger charge is -2.25. The first-order valence-electron chi connectivity index (χ1n) is 8.93. The topological polar surface area (TPSA) is 121 Å². The van der Waals surface area contributed by atoms with Crippen molar-refractivity contribution < 1.29 is 24.3 Å². The maximum Gasteiger partial charge on any atom is 0.275 e. The van der Waals surface area contributed by atoms with Crippen molar-refractivity contribution in [3.05, 3.63) is 47.7 Å². The first-order valence-corrected chi connectivity index (χ1v) is 8.93. The Hall–Kier alpha value is -3.46. The molecular weight excluding hydrogens is 376 g/mol. The van der Waals surface area contributed by atoms with Gasteiger partial charge in [-0.15, -0.1) is 0 Å². The number of carbonyl (C=O) groups is 3. The first-order chi connectivity index (χ1) is 13.9. The summed E-state index contributed by atoms with van der Waals surface area (Å²) in [5.74, 6) is -1.70.